The molecule has 0 spiro atoms. The van der Waals surface area contributed by atoms with Gasteiger partial charge in [0, 0.05) is 6.42 Å². The molecular formula is C63H105NO5. The van der Waals surface area contributed by atoms with E-state index in [-0.39, 0.29) is 31.3 Å². The first-order chi connectivity index (χ1) is 34.0. The summed E-state index contributed by atoms with van der Waals surface area (Å²) in [6.45, 7) is 6.31. The van der Waals surface area contributed by atoms with Crippen molar-refractivity contribution in [2.45, 2.75) is 257 Å². The molecule has 3 N–H and O–H groups in total. The monoisotopic (exact) mass is 956 g/mol. The number of carbonyl (C=O) groups excluding carboxylic acids is 2. The number of allylic oxidation sites excluding steroid dienone is 20. The van der Waals surface area contributed by atoms with E-state index in [1.54, 1.807) is 0 Å². The van der Waals surface area contributed by atoms with Gasteiger partial charge in [-0.1, -0.05) is 245 Å². The molecule has 0 aromatic rings. The van der Waals surface area contributed by atoms with E-state index in [1.807, 2.05) is 6.08 Å². The minimum absolute atomic E-state index is 0.00233. The van der Waals surface area contributed by atoms with Gasteiger partial charge in [0.1, 0.15) is 6.10 Å². The molecule has 0 aromatic carbocycles. The Morgan fingerprint density at radius 3 is 1.22 bits per heavy atom. The number of aliphatic hydroxyl groups excluding tert-OH is 2. The zero-order valence-electron chi connectivity index (χ0n) is 44.6. The SMILES string of the molecule is CC/C=C\C/C=C\C/C=C\C/C=C\C/C=C\C/C=C\CCC(=O)OC(CCC/C=C\C/C=C\C/C=C\C/C=C\CCCCC)CC(=O)NC(CO)C(O)CCCCCCCCCCCCCCCC. The highest BCUT2D eigenvalue weighted by Crippen LogP contribution is 2.16. The van der Waals surface area contributed by atoms with E-state index < -0.39 is 18.2 Å². The molecule has 6 nitrogen and oxygen atoms in total. The molecule has 0 aliphatic heterocycles. The lowest BCUT2D eigenvalue weighted by Gasteiger charge is -2.24. The fraction of sp³-hybridized carbons (Fsp3) is 0.651. The summed E-state index contributed by atoms with van der Waals surface area (Å²) < 4.78 is 5.88. The number of aliphatic hydroxyl groups is 2. The fourth-order valence-corrected chi connectivity index (χ4v) is 7.80. The van der Waals surface area contributed by atoms with E-state index in [2.05, 4.69) is 142 Å². The molecule has 0 heterocycles. The third-order valence-electron chi connectivity index (χ3n) is 12.0. The van der Waals surface area contributed by atoms with Crippen LogP contribution in [0.15, 0.2) is 122 Å². The van der Waals surface area contributed by atoms with Crippen molar-refractivity contribution in [2.24, 2.45) is 0 Å². The molecule has 3 unspecified atom stereocenters. The average Bonchev–Trinajstić information content (AvgIpc) is 3.34. The van der Waals surface area contributed by atoms with Gasteiger partial charge in [-0.3, -0.25) is 9.59 Å². The second-order valence-corrected chi connectivity index (χ2v) is 18.6. The summed E-state index contributed by atoms with van der Waals surface area (Å²) in [6, 6.07) is -0.743. The normalized spacial score (nSPS) is 14.1. The van der Waals surface area contributed by atoms with Gasteiger partial charge in [0.15, 0.2) is 0 Å². The van der Waals surface area contributed by atoms with Crippen LogP contribution in [0.25, 0.3) is 0 Å². The van der Waals surface area contributed by atoms with Crippen molar-refractivity contribution in [3.8, 4) is 0 Å². The number of hydrogen-bond donors (Lipinski definition) is 3. The van der Waals surface area contributed by atoms with E-state index in [0.29, 0.717) is 19.3 Å². The molecule has 0 radical (unpaired) electrons. The van der Waals surface area contributed by atoms with Crippen LogP contribution in [-0.2, 0) is 14.3 Å². The first-order valence-corrected chi connectivity index (χ1v) is 28.3. The molecule has 3 atom stereocenters. The Morgan fingerprint density at radius 2 is 0.797 bits per heavy atom. The lowest BCUT2D eigenvalue weighted by molar-refractivity contribution is -0.150. The van der Waals surface area contributed by atoms with Gasteiger partial charge in [0.25, 0.3) is 0 Å². The Balaban J connectivity index is 4.81. The van der Waals surface area contributed by atoms with E-state index in [0.717, 1.165) is 89.9 Å². The average molecular weight is 957 g/mol. The first-order valence-electron chi connectivity index (χ1n) is 28.3. The molecule has 0 saturated heterocycles. The van der Waals surface area contributed by atoms with Crippen LogP contribution in [0.1, 0.15) is 239 Å². The Kier molecular flexibility index (Phi) is 52.2. The van der Waals surface area contributed by atoms with Gasteiger partial charge in [-0.25, -0.2) is 0 Å². The number of amides is 1. The molecule has 0 aliphatic carbocycles. The van der Waals surface area contributed by atoms with Crippen LogP contribution in [0.2, 0.25) is 0 Å². The van der Waals surface area contributed by atoms with Crippen LogP contribution in [0.4, 0.5) is 0 Å². The highest BCUT2D eigenvalue weighted by molar-refractivity contribution is 5.77. The predicted molar refractivity (Wildman–Crippen MR) is 300 cm³/mol. The molecule has 0 rings (SSSR count). The predicted octanol–water partition coefficient (Wildman–Crippen LogP) is 17.6. The van der Waals surface area contributed by atoms with Gasteiger partial charge in [0.2, 0.25) is 5.91 Å². The molecule has 0 aromatic heterocycles. The maximum atomic E-state index is 13.3. The molecule has 6 heteroatoms. The van der Waals surface area contributed by atoms with Crippen molar-refractivity contribution in [3.05, 3.63) is 122 Å². The summed E-state index contributed by atoms with van der Waals surface area (Å²) in [4.78, 5) is 26.2. The van der Waals surface area contributed by atoms with Gasteiger partial charge in [-0.05, 0) is 103 Å². The number of carbonyl (C=O) groups is 2. The molecule has 392 valence electrons. The van der Waals surface area contributed by atoms with Gasteiger partial charge < -0.3 is 20.3 Å². The third-order valence-corrected chi connectivity index (χ3v) is 12.0. The van der Waals surface area contributed by atoms with Crippen LogP contribution >= 0.6 is 0 Å². The molecule has 69 heavy (non-hydrogen) atoms. The summed E-state index contributed by atoms with van der Waals surface area (Å²) in [6.07, 6.45) is 77.0. The van der Waals surface area contributed by atoms with E-state index in [1.165, 1.54) is 96.3 Å². The van der Waals surface area contributed by atoms with Crippen molar-refractivity contribution < 1.29 is 24.5 Å². The number of nitrogens with one attached hydrogen (secondary N) is 1. The number of ether oxygens (including phenoxy) is 1. The Morgan fingerprint density at radius 1 is 0.435 bits per heavy atom. The third kappa shape index (κ3) is 50.5. The van der Waals surface area contributed by atoms with E-state index in [9.17, 15) is 19.8 Å². The van der Waals surface area contributed by atoms with Crippen LogP contribution < -0.4 is 5.32 Å². The Hall–Kier alpha value is -3.74. The molecule has 1 amide bonds. The topological polar surface area (TPSA) is 95.9 Å². The summed E-state index contributed by atoms with van der Waals surface area (Å²) in [5.74, 6) is -0.636. The quantitative estimate of drug-likeness (QED) is 0.0321. The second-order valence-electron chi connectivity index (χ2n) is 18.6. The fourth-order valence-electron chi connectivity index (χ4n) is 7.80. The Labute approximate surface area is 425 Å². The lowest BCUT2D eigenvalue weighted by atomic mass is 10.0. The summed E-state index contributed by atoms with van der Waals surface area (Å²) in [5.41, 5.74) is 0. The number of esters is 1. The van der Waals surface area contributed by atoms with Gasteiger partial charge in [-0.15, -0.1) is 0 Å². The highest BCUT2D eigenvalue weighted by Gasteiger charge is 2.24. The molecule has 0 saturated carbocycles. The molecular weight excluding hydrogens is 851 g/mol. The zero-order chi connectivity index (χ0) is 50.2. The van der Waals surface area contributed by atoms with Crippen molar-refractivity contribution in [2.75, 3.05) is 6.61 Å². The summed E-state index contributed by atoms with van der Waals surface area (Å²) in [5, 5.41) is 23.8. The summed E-state index contributed by atoms with van der Waals surface area (Å²) >= 11 is 0. The molecule has 0 fully saturated rings. The van der Waals surface area contributed by atoms with Gasteiger partial charge in [-0.2, -0.15) is 0 Å². The molecule has 0 bridgehead atoms. The van der Waals surface area contributed by atoms with E-state index in [4.69, 9.17) is 4.74 Å². The van der Waals surface area contributed by atoms with Crippen molar-refractivity contribution in [1.29, 1.82) is 0 Å². The standard InChI is InChI=1S/C63H105NO5/c1-4-7-10-13-16-19-22-25-28-30-31-33-35-38-41-44-47-50-53-56-63(68)69-59(54-51-48-45-42-39-36-34-32-29-26-23-20-17-14-11-8-5-2)57-62(67)64-60(58-65)61(66)55-52-49-46-43-40-37-27-24-21-18-15-12-9-6-3/h7,10,16-17,19-20,25-26,28-29,31,33-34,36,38,41-42,45,47,50,59-61,65-66H,4-6,8-9,11-15,18,21-24,27,30,32,35,37,39-40,43-44,46,48-49,51-58H2,1-3H3,(H,64,67)/b10-7-,19-16-,20-17-,28-25-,29-26-,33-31-,36-34-,41-38-,45-42-,50-47-. The zero-order valence-corrected chi connectivity index (χ0v) is 44.6. The second kappa shape index (κ2) is 55.2. The van der Waals surface area contributed by atoms with Crippen molar-refractivity contribution in [1.82, 2.24) is 5.32 Å². The van der Waals surface area contributed by atoms with Crippen LogP contribution in [0.3, 0.4) is 0 Å². The summed E-state index contributed by atoms with van der Waals surface area (Å²) in [7, 11) is 0. The number of unbranched alkanes of at least 4 members (excludes halogenated alkanes) is 17. The molecule has 0 aliphatic rings. The minimum Gasteiger partial charge on any atom is -0.462 e. The van der Waals surface area contributed by atoms with Gasteiger partial charge in [0.05, 0.1) is 25.2 Å². The van der Waals surface area contributed by atoms with Crippen molar-refractivity contribution >= 4 is 11.9 Å². The van der Waals surface area contributed by atoms with Gasteiger partial charge >= 0.3 is 5.97 Å². The van der Waals surface area contributed by atoms with E-state index >= 15 is 0 Å². The van der Waals surface area contributed by atoms with Crippen LogP contribution in [-0.4, -0.2) is 46.9 Å². The highest BCUT2D eigenvalue weighted by atomic mass is 16.5. The first kappa shape index (κ1) is 65.3. The lowest BCUT2D eigenvalue weighted by Crippen LogP contribution is -2.46. The maximum absolute atomic E-state index is 13.3. The number of rotatable bonds is 49. The maximum Gasteiger partial charge on any atom is 0.306 e. The minimum atomic E-state index is -0.823. The van der Waals surface area contributed by atoms with Crippen LogP contribution in [0.5, 0.6) is 0 Å². The van der Waals surface area contributed by atoms with Crippen LogP contribution in [0, 0.1) is 0 Å². The van der Waals surface area contributed by atoms with Crippen molar-refractivity contribution in [3.63, 3.8) is 0 Å². The number of hydrogen-bond acceptors (Lipinski definition) is 5. The Bertz CT molecular complexity index is 1440. The smallest absolute Gasteiger partial charge is 0.306 e. The largest absolute Gasteiger partial charge is 0.462 e.